The molecule has 4 nitrogen and oxygen atoms in total. The van der Waals surface area contributed by atoms with Crippen molar-refractivity contribution >= 4 is 0 Å². The number of aryl methyl sites for hydroxylation is 1. The van der Waals surface area contributed by atoms with Gasteiger partial charge in [0.2, 0.25) is 5.88 Å². The smallest absolute Gasteiger partial charge is 0.240 e. The van der Waals surface area contributed by atoms with Crippen molar-refractivity contribution < 1.29 is 4.74 Å². The summed E-state index contributed by atoms with van der Waals surface area (Å²) in [7, 11) is 0. The molecule has 2 aromatic rings. The van der Waals surface area contributed by atoms with Crippen LogP contribution in [-0.2, 0) is 6.42 Å². The molecule has 2 rings (SSSR count). The minimum atomic E-state index is 0.284. The second kappa shape index (κ2) is 5.08. The van der Waals surface area contributed by atoms with Crippen molar-refractivity contribution in [2.75, 3.05) is 0 Å². The normalized spacial score (nSPS) is 9.65. The van der Waals surface area contributed by atoms with Gasteiger partial charge in [-0.05, 0) is 24.1 Å². The lowest BCUT2D eigenvalue weighted by Gasteiger charge is -2.05. The third-order valence-electron chi connectivity index (χ3n) is 2.34. The van der Waals surface area contributed by atoms with Crippen LogP contribution < -0.4 is 4.74 Å². The van der Waals surface area contributed by atoms with Crippen LogP contribution in [0, 0.1) is 11.3 Å². The summed E-state index contributed by atoms with van der Waals surface area (Å²) in [6.07, 6.45) is 3.77. The van der Waals surface area contributed by atoms with Crippen molar-refractivity contribution in [1.82, 2.24) is 9.97 Å². The quantitative estimate of drug-likeness (QED) is 0.805. The van der Waals surface area contributed by atoms with E-state index in [0.717, 1.165) is 6.42 Å². The summed E-state index contributed by atoms with van der Waals surface area (Å²) in [5.74, 6) is 0.948. The highest BCUT2D eigenvalue weighted by molar-refractivity contribution is 5.38. The van der Waals surface area contributed by atoms with Gasteiger partial charge in [-0.2, -0.15) is 5.26 Å². The van der Waals surface area contributed by atoms with E-state index in [4.69, 9.17) is 10.00 Å². The van der Waals surface area contributed by atoms with Gasteiger partial charge in [-0.25, -0.2) is 9.97 Å². The highest BCUT2D eigenvalue weighted by atomic mass is 16.5. The van der Waals surface area contributed by atoms with Crippen molar-refractivity contribution in [3.05, 3.63) is 47.9 Å². The molecule has 0 fully saturated rings. The van der Waals surface area contributed by atoms with Crippen molar-refractivity contribution in [3.63, 3.8) is 0 Å². The van der Waals surface area contributed by atoms with Gasteiger partial charge in [0.05, 0.1) is 6.20 Å². The van der Waals surface area contributed by atoms with Crippen LogP contribution in [-0.4, -0.2) is 9.97 Å². The van der Waals surface area contributed by atoms with E-state index in [1.165, 1.54) is 18.1 Å². The summed E-state index contributed by atoms with van der Waals surface area (Å²) >= 11 is 0. The second-order valence-electron chi connectivity index (χ2n) is 3.45. The first-order valence-electron chi connectivity index (χ1n) is 5.30. The van der Waals surface area contributed by atoms with E-state index in [2.05, 4.69) is 16.9 Å². The minimum Gasteiger partial charge on any atom is -0.438 e. The van der Waals surface area contributed by atoms with Crippen LogP contribution in [0.25, 0.3) is 0 Å². The zero-order chi connectivity index (χ0) is 12.1. The fourth-order valence-corrected chi connectivity index (χ4v) is 1.38. The van der Waals surface area contributed by atoms with E-state index in [1.54, 1.807) is 0 Å². The Morgan fingerprint density at radius 1 is 1.29 bits per heavy atom. The van der Waals surface area contributed by atoms with E-state index in [1.807, 2.05) is 30.3 Å². The second-order valence-corrected chi connectivity index (χ2v) is 3.45. The summed E-state index contributed by atoms with van der Waals surface area (Å²) < 4.78 is 5.53. The third kappa shape index (κ3) is 2.58. The lowest BCUT2D eigenvalue weighted by molar-refractivity contribution is 0.459. The molecule has 0 atom stereocenters. The highest BCUT2D eigenvalue weighted by Crippen LogP contribution is 2.22. The summed E-state index contributed by atoms with van der Waals surface area (Å²) in [5, 5.41) is 8.87. The number of benzene rings is 1. The van der Waals surface area contributed by atoms with E-state index in [9.17, 15) is 0 Å². The molecule has 17 heavy (non-hydrogen) atoms. The summed E-state index contributed by atoms with van der Waals surface area (Å²) in [5.41, 5.74) is 1.56. The number of rotatable bonds is 3. The Bertz CT molecular complexity index is 543. The zero-order valence-electron chi connectivity index (χ0n) is 9.42. The predicted octanol–water partition coefficient (Wildman–Crippen LogP) is 2.70. The fraction of sp³-hybridized carbons (Fsp3) is 0.154. The fourth-order valence-electron chi connectivity index (χ4n) is 1.38. The van der Waals surface area contributed by atoms with Crippen molar-refractivity contribution in [3.8, 4) is 17.7 Å². The molecule has 0 N–H and O–H groups in total. The molecule has 0 unspecified atom stereocenters. The Balaban J connectivity index is 2.23. The van der Waals surface area contributed by atoms with Crippen molar-refractivity contribution in [1.29, 1.82) is 5.26 Å². The van der Waals surface area contributed by atoms with Gasteiger partial charge in [-0.15, -0.1) is 0 Å². The predicted molar refractivity (Wildman–Crippen MR) is 62.6 cm³/mol. The summed E-state index contributed by atoms with van der Waals surface area (Å²) in [6, 6.07) is 9.69. The van der Waals surface area contributed by atoms with Crippen LogP contribution in [0.2, 0.25) is 0 Å². The van der Waals surface area contributed by atoms with Gasteiger partial charge in [0, 0.05) is 0 Å². The van der Waals surface area contributed by atoms with Crippen LogP contribution >= 0.6 is 0 Å². The van der Waals surface area contributed by atoms with E-state index < -0.39 is 0 Å². The van der Waals surface area contributed by atoms with Crippen LogP contribution in [0.3, 0.4) is 0 Å². The molecule has 0 spiro atoms. The molecule has 1 heterocycles. The van der Waals surface area contributed by atoms with E-state index >= 15 is 0 Å². The molecule has 0 bridgehead atoms. The summed E-state index contributed by atoms with van der Waals surface area (Å²) in [4.78, 5) is 7.70. The van der Waals surface area contributed by atoms with Gasteiger partial charge < -0.3 is 4.74 Å². The molecule has 0 radical (unpaired) electrons. The Labute approximate surface area is 99.5 Å². The van der Waals surface area contributed by atoms with Gasteiger partial charge in [0.15, 0.2) is 0 Å². The number of hydrogen-bond donors (Lipinski definition) is 0. The summed E-state index contributed by atoms with van der Waals surface area (Å²) in [6.45, 7) is 2.09. The molecule has 0 aliphatic rings. The van der Waals surface area contributed by atoms with E-state index in [-0.39, 0.29) is 5.88 Å². The standard InChI is InChI=1S/C13H11N3O/c1-2-10-3-5-12(6-4-10)17-13-11(7-14)8-15-9-16-13/h3-6,8-9H,2H2,1H3. The molecule has 1 aromatic heterocycles. The molecule has 0 aliphatic carbocycles. The maximum Gasteiger partial charge on any atom is 0.240 e. The van der Waals surface area contributed by atoms with Gasteiger partial charge >= 0.3 is 0 Å². The van der Waals surface area contributed by atoms with Crippen LogP contribution in [0.15, 0.2) is 36.8 Å². The maximum atomic E-state index is 8.87. The first kappa shape index (κ1) is 11.1. The lowest BCUT2D eigenvalue weighted by Crippen LogP contribution is -1.92. The first-order chi connectivity index (χ1) is 8.33. The van der Waals surface area contributed by atoms with Gasteiger partial charge in [0.1, 0.15) is 23.7 Å². The van der Waals surface area contributed by atoms with Gasteiger partial charge in [0.25, 0.3) is 0 Å². The SMILES string of the molecule is CCc1ccc(Oc2ncncc2C#N)cc1. The van der Waals surface area contributed by atoms with Crippen LogP contribution in [0.4, 0.5) is 0 Å². The monoisotopic (exact) mass is 225 g/mol. The lowest BCUT2D eigenvalue weighted by atomic mass is 10.2. The Morgan fingerprint density at radius 3 is 2.71 bits per heavy atom. The molecule has 1 aromatic carbocycles. The van der Waals surface area contributed by atoms with Crippen LogP contribution in [0.5, 0.6) is 11.6 Å². The molecule has 4 heteroatoms. The Kier molecular flexibility index (Phi) is 3.31. The number of ether oxygens (including phenoxy) is 1. The minimum absolute atomic E-state index is 0.284. The molecular weight excluding hydrogens is 214 g/mol. The molecule has 84 valence electrons. The topological polar surface area (TPSA) is 58.8 Å². The maximum absolute atomic E-state index is 8.87. The highest BCUT2D eigenvalue weighted by Gasteiger charge is 2.05. The largest absolute Gasteiger partial charge is 0.438 e. The average Bonchev–Trinajstić information content (AvgIpc) is 2.40. The molecule has 0 saturated carbocycles. The van der Waals surface area contributed by atoms with Crippen molar-refractivity contribution in [2.24, 2.45) is 0 Å². The number of hydrogen-bond acceptors (Lipinski definition) is 4. The Hall–Kier alpha value is -2.41. The first-order valence-corrected chi connectivity index (χ1v) is 5.30. The molecule has 0 saturated heterocycles. The van der Waals surface area contributed by atoms with Crippen molar-refractivity contribution in [2.45, 2.75) is 13.3 Å². The zero-order valence-corrected chi connectivity index (χ0v) is 9.42. The third-order valence-corrected chi connectivity index (χ3v) is 2.34. The number of aromatic nitrogens is 2. The average molecular weight is 225 g/mol. The molecule has 0 amide bonds. The van der Waals surface area contributed by atoms with Crippen LogP contribution in [0.1, 0.15) is 18.1 Å². The van der Waals surface area contributed by atoms with Gasteiger partial charge in [-0.1, -0.05) is 19.1 Å². The molecular formula is C13H11N3O. The van der Waals surface area contributed by atoms with E-state index in [0.29, 0.717) is 11.3 Å². The number of nitrogens with zero attached hydrogens (tertiary/aromatic N) is 3. The Morgan fingerprint density at radius 2 is 2.06 bits per heavy atom. The number of nitriles is 1. The van der Waals surface area contributed by atoms with Gasteiger partial charge in [-0.3, -0.25) is 0 Å². The molecule has 0 aliphatic heterocycles.